The molecule has 0 unspecified atom stereocenters. The van der Waals surface area contributed by atoms with Crippen LogP contribution in [0.15, 0.2) is 6.07 Å². The first-order chi connectivity index (χ1) is 14.4. The zero-order valence-electron chi connectivity index (χ0n) is 19.4. The Hall–Kier alpha value is -1.66. The third kappa shape index (κ3) is 5.73. The van der Waals surface area contributed by atoms with Gasteiger partial charge in [0, 0.05) is 0 Å². The molecule has 0 saturated heterocycles. The summed E-state index contributed by atoms with van der Waals surface area (Å²) in [6.45, 7) is 14.3. The highest BCUT2D eigenvalue weighted by molar-refractivity contribution is 6.35. The van der Waals surface area contributed by atoms with Gasteiger partial charge in [0.05, 0.1) is 29.3 Å². The van der Waals surface area contributed by atoms with E-state index in [1.165, 1.54) is 46.0 Å². The number of carbonyl (C=O) groups excluding carboxylic acids is 1. The number of pyridine rings is 1. The quantitative estimate of drug-likeness (QED) is 0.531. The molecule has 168 valence electrons. The molecule has 6 nitrogen and oxygen atoms in total. The Morgan fingerprint density at radius 3 is 2.27 bits per heavy atom. The highest BCUT2D eigenvalue weighted by atomic mass is 35.5. The number of hydrogen-bond donors (Lipinski definition) is 0. The van der Waals surface area contributed by atoms with E-state index in [0.29, 0.717) is 16.7 Å². The fraction of sp³-hybridized carbons (Fsp3) is 0.696. The molecule has 1 aliphatic carbocycles. The van der Waals surface area contributed by atoms with Crippen LogP contribution in [0.4, 0.5) is 0 Å². The Balaban J connectivity index is 0.000000396. The molecule has 2 aromatic heterocycles. The third-order valence-electron chi connectivity index (χ3n) is 5.84. The number of hydrogen-bond acceptors (Lipinski definition) is 5. The molecule has 2 heterocycles. The van der Waals surface area contributed by atoms with Crippen LogP contribution in [0.2, 0.25) is 5.02 Å². The number of rotatable bonds is 6. The molecule has 7 heteroatoms. The molecule has 3 rings (SSSR count). The second kappa shape index (κ2) is 11.7. The van der Waals surface area contributed by atoms with Crippen LogP contribution in [0.5, 0.6) is 0 Å². The fourth-order valence-corrected chi connectivity index (χ4v) is 4.27. The number of methoxy groups -OCH3 is 1. The first-order valence-electron chi connectivity index (χ1n) is 11.3. The molecule has 0 amide bonds. The van der Waals surface area contributed by atoms with E-state index in [4.69, 9.17) is 21.4 Å². The highest BCUT2D eigenvalue weighted by Crippen LogP contribution is 2.36. The average Bonchev–Trinajstić information content (AvgIpc) is 3.16. The van der Waals surface area contributed by atoms with Gasteiger partial charge < -0.3 is 9.64 Å². The number of carbonyl (C=O) groups is 1. The molecule has 1 saturated carbocycles. The van der Waals surface area contributed by atoms with Gasteiger partial charge >= 0.3 is 5.97 Å². The standard InChI is InChI=1S/C17H22ClN3O2.C6H15N/c1-10(2)15-14-12(18)9-13(17(22)23-3)19-16(14)21(20-15)11-7-5-4-6-8-11;1-4-7(5-2)6-3/h9-11H,4-8H2,1-3H3;4-6H2,1-3H3. The summed E-state index contributed by atoms with van der Waals surface area (Å²) in [5.41, 5.74) is 1.88. The maximum Gasteiger partial charge on any atom is 0.356 e. The molecule has 0 aromatic carbocycles. The number of aromatic nitrogens is 3. The van der Waals surface area contributed by atoms with Crippen LogP contribution in [0.25, 0.3) is 11.0 Å². The van der Waals surface area contributed by atoms with Crippen molar-refractivity contribution in [1.82, 2.24) is 19.7 Å². The first-order valence-corrected chi connectivity index (χ1v) is 11.6. The lowest BCUT2D eigenvalue weighted by atomic mass is 9.96. The molecule has 2 aromatic rings. The Kier molecular flexibility index (Phi) is 9.56. The van der Waals surface area contributed by atoms with E-state index in [-0.39, 0.29) is 11.6 Å². The van der Waals surface area contributed by atoms with Crippen molar-refractivity contribution in [3.05, 3.63) is 22.5 Å². The van der Waals surface area contributed by atoms with E-state index in [2.05, 4.69) is 44.5 Å². The Labute approximate surface area is 185 Å². The van der Waals surface area contributed by atoms with Crippen molar-refractivity contribution in [2.75, 3.05) is 26.7 Å². The number of esters is 1. The summed E-state index contributed by atoms with van der Waals surface area (Å²) >= 11 is 6.46. The minimum atomic E-state index is -0.476. The second-order valence-corrected chi connectivity index (χ2v) is 8.48. The van der Waals surface area contributed by atoms with Crippen LogP contribution in [0.3, 0.4) is 0 Å². The first kappa shape index (κ1) is 24.6. The Bertz CT molecular complexity index is 819. The lowest BCUT2D eigenvalue weighted by Gasteiger charge is -2.22. The summed E-state index contributed by atoms with van der Waals surface area (Å²) in [5.74, 6) is -0.234. The molecule has 0 bridgehead atoms. The van der Waals surface area contributed by atoms with Gasteiger partial charge in [-0.05, 0) is 44.5 Å². The highest BCUT2D eigenvalue weighted by Gasteiger charge is 2.25. The van der Waals surface area contributed by atoms with Gasteiger partial charge in [-0.1, -0.05) is 65.5 Å². The lowest BCUT2D eigenvalue weighted by Crippen LogP contribution is -2.21. The minimum Gasteiger partial charge on any atom is -0.464 e. The minimum absolute atomic E-state index is 0.234. The number of halogens is 1. The zero-order chi connectivity index (χ0) is 22.3. The summed E-state index contributed by atoms with van der Waals surface area (Å²) in [7, 11) is 1.35. The van der Waals surface area contributed by atoms with Crippen molar-refractivity contribution >= 4 is 28.6 Å². The van der Waals surface area contributed by atoms with Crippen molar-refractivity contribution in [3.63, 3.8) is 0 Å². The molecule has 0 spiro atoms. The topological polar surface area (TPSA) is 60.2 Å². The Morgan fingerprint density at radius 1 is 1.20 bits per heavy atom. The van der Waals surface area contributed by atoms with Crippen molar-refractivity contribution in [2.45, 2.75) is 78.7 Å². The Morgan fingerprint density at radius 2 is 1.80 bits per heavy atom. The van der Waals surface area contributed by atoms with Gasteiger partial charge in [0.1, 0.15) is 0 Å². The van der Waals surface area contributed by atoms with Crippen molar-refractivity contribution in [2.24, 2.45) is 0 Å². The maximum absolute atomic E-state index is 11.9. The van der Waals surface area contributed by atoms with Gasteiger partial charge in [-0.25, -0.2) is 14.5 Å². The SMILES string of the molecule is CCN(CC)CC.COC(=O)c1cc(Cl)c2c(C(C)C)nn(C3CCCCC3)c2n1. The molecule has 30 heavy (non-hydrogen) atoms. The fourth-order valence-electron chi connectivity index (χ4n) is 3.98. The van der Waals surface area contributed by atoms with Crippen LogP contribution >= 0.6 is 11.6 Å². The van der Waals surface area contributed by atoms with Gasteiger partial charge in [-0.3, -0.25) is 0 Å². The van der Waals surface area contributed by atoms with Crippen molar-refractivity contribution < 1.29 is 9.53 Å². The molecule has 1 fully saturated rings. The lowest BCUT2D eigenvalue weighted by molar-refractivity contribution is 0.0594. The van der Waals surface area contributed by atoms with E-state index in [1.54, 1.807) is 6.07 Å². The van der Waals surface area contributed by atoms with Gasteiger partial charge in [0.25, 0.3) is 0 Å². The number of ether oxygens (including phenoxy) is 1. The van der Waals surface area contributed by atoms with Crippen LogP contribution in [0, 0.1) is 0 Å². The van der Waals surface area contributed by atoms with Gasteiger partial charge in [0.15, 0.2) is 11.3 Å². The normalized spacial score (nSPS) is 14.8. The smallest absolute Gasteiger partial charge is 0.356 e. The zero-order valence-corrected chi connectivity index (χ0v) is 20.1. The summed E-state index contributed by atoms with van der Waals surface area (Å²) in [4.78, 5) is 18.8. The summed E-state index contributed by atoms with van der Waals surface area (Å²) in [6.07, 6.45) is 5.86. The molecule has 0 aliphatic heterocycles. The van der Waals surface area contributed by atoms with E-state index < -0.39 is 5.97 Å². The molecular weight excluding hydrogens is 400 g/mol. The van der Waals surface area contributed by atoms with E-state index >= 15 is 0 Å². The second-order valence-electron chi connectivity index (χ2n) is 8.08. The predicted octanol–water partition coefficient (Wildman–Crippen LogP) is 5.85. The summed E-state index contributed by atoms with van der Waals surface area (Å²) in [6, 6.07) is 1.91. The molecule has 0 N–H and O–H groups in total. The van der Waals surface area contributed by atoms with E-state index in [0.717, 1.165) is 23.9 Å². The largest absolute Gasteiger partial charge is 0.464 e. The van der Waals surface area contributed by atoms with Gasteiger partial charge in [0.2, 0.25) is 0 Å². The van der Waals surface area contributed by atoms with Crippen LogP contribution in [0.1, 0.15) is 94.9 Å². The maximum atomic E-state index is 11.9. The number of fused-ring (bicyclic) bond motifs is 1. The van der Waals surface area contributed by atoms with Gasteiger partial charge in [-0.15, -0.1) is 0 Å². The monoisotopic (exact) mass is 436 g/mol. The predicted molar refractivity (Wildman–Crippen MR) is 124 cm³/mol. The number of nitrogens with zero attached hydrogens (tertiary/aromatic N) is 4. The van der Waals surface area contributed by atoms with Crippen molar-refractivity contribution in [1.29, 1.82) is 0 Å². The third-order valence-corrected chi connectivity index (χ3v) is 6.14. The van der Waals surface area contributed by atoms with E-state index in [1.807, 2.05) is 4.68 Å². The molecule has 0 radical (unpaired) electrons. The molecule has 1 aliphatic rings. The van der Waals surface area contributed by atoms with Crippen LogP contribution in [-0.2, 0) is 4.74 Å². The van der Waals surface area contributed by atoms with Crippen LogP contribution in [-0.4, -0.2) is 52.4 Å². The molecule has 0 atom stereocenters. The molecular formula is C23H37ClN4O2. The summed E-state index contributed by atoms with van der Waals surface area (Å²) < 4.78 is 6.78. The average molecular weight is 437 g/mol. The van der Waals surface area contributed by atoms with Gasteiger partial charge in [-0.2, -0.15) is 5.10 Å². The van der Waals surface area contributed by atoms with Crippen LogP contribution < -0.4 is 0 Å². The summed E-state index contributed by atoms with van der Waals surface area (Å²) in [5, 5.41) is 6.19. The van der Waals surface area contributed by atoms with Crippen molar-refractivity contribution in [3.8, 4) is 0 Å². The van der Waals surface area contributed by atoms with E-state index in [9.17, 15) is 4.79 Å².